The molecule has 1 aromatic heterocycles. The number of aromatic nitrogens is 1. The van der Waals surface area contributed by atoms with Gasteiger partial charge in [-0.2, -0.15) is 0 Å². The average Bonchev–Trinajstić information content (AvgIpc) is 3.16. The van der Waals surface area contributed by atoms with Crippen molar-refractivity contribution in [3.05, 3.63) is 65.2 Å². The fraction of sp³-hybridized carbons (Fsp3) is 0.200. The minimum atomic E-state index is -0.428. The Labute approximate surface area is 156 Å². The van der Waals surface area contributed by atoms with Gasteiger partial charge in [-0.25, -0.2) is 9.78 Å². The molecule has 3 rings (SSSR count). The lowest BCUT2D eigenvalue weighted by molar-refractivity contribution is 0.0468. The Morgan fingerprint density at radius 2 is 1.92 bits per heavy atom. The van der Waals surface area contributed by atoms with Gasteiger partial charge < -0.3 is 14.2 Å². The third-order valence-corrected chi connectivity index (χ3v) is 4.56. The van der Waals surface area contributed by atoms with Gasteiger partial charge in [-0.05, 0) is 25.1 Å². The van der Waals surface area contributed by atoms with Gasteiger partial charge in [0.05, 0.1) is 25.0 Å². The first-order chi connectivity index (χ1) is 12.7. The lowest BCUT2D eigenvalue weighted by atomic mass is 10.2. The number of methoxy groups -OCH3 is 1. The first-order valence-electron chi connectivity index (χ1n) is 8.19. The Bertz CT molecular complexity index is 877. The zero-order valence-electron chi connectivity index (χ0n) is 14.6. The Morgan fingerprint density at radius 1 is 1.12 bits per heavy atom. The number of hydrogen-bond acceptors (Lipinski definition) is 6. The van der Waals surface area contributed by atoms with Crippen LogP contribution in [0.2, 0.25) is 0 Å². The molecule has 0 fully saturated rings. The molecule has 3 aromatic rings. The van der Waals surface area contributed by atoms with Crippen LogP contribution >= 0.6 is 11.3 Å². The van der Waals surface area contributed by atoms with E-state index in [4.69, 9.17) is 14.2 Å². The van der Waals surface area contributed by atoms with Crippen molar-refractivity contribution in [3.63, 3.8) is 0 Å². The van der Waals surface area contributed by atoms with Crippen molar-refractivity contribution in [2.24, 2.45) is 0 Å². The fourth-order valence-electron chi connectivity index (χ4n) is 2.38. The van der Waals surface area contributed by atoms with Crippen LogP contribution < -0.4 is 9.47 Å². The van der Waals surface area contributed by atoms with Crippen molar-refractivity contribution >= 4 is 17.3 Å². The summed E-state index contributed by atoms with van der Waals surface area (Å²) in [5.41, 5.74) is 2.18. The van der Waals surface area contributed by atoms with Gasteiger partial charge >= 0.3 is 5.97 Å². The molecular weight excluding hydrogens is 350 g/mol. The number of ether oxygens (including phenoxy) is 3. The fourth-order valence-corrected chi connectivity index (χ4v) is 3.19. The van der Waals surface area contributed by atoms with Crippen LogP contribution in [0.3, 0.4) is 0 Å². The van der Waals surface area contributed by atoms with E-state index in [9.17, 15) is 4.79 Å². The van der Waals surface area contributed by atoms with Crippen LogP contribution in [0, 0.1) is 0 Å². The summed E-state index contributed by atoms with van der Waals surface area (Å²) in [4.78, 5) is 16.8. The van der Waals surface area contributed by atoms with E-state index in [0.717, 1.165) is 16.3 Å². The van der Waals surface area contributed by atoms with Gasteiger partial charge in [0.25, 0.3) is 0 Å². The molecule has 0 unspecified atom stereocenters. The van der Waals surface area contributed by atoms with Crippen LogP contribution in [0.1, 0.15) is 23.0 Å². The molecule has 0 N–H and O–H groups in total. The summed E-state index contributed by atoms with van der Waals surface area (Å²) in [5, 5.41) is 2.80. The highest BCUT2D eigenvalue weighted by molar-refractivity contribution is 7.13. The summed E-state index contributed by atoms with van der Waals surface area (Å²) in [6, 6.07) is 14.9. The number of benzene rings is 2. The van der Waals surface area contributed by atoms with Crippen molar-refractivity contribution in [1.82, 2.24) is 4.98 Å². The SMILES string of the molecule is CCOc1cc(C(=O)OCc2csc(-c3ccccc3)n2)ccc1OC. The molecule has 0 saturated carbocycles. The van der Waals surface area contributed by atoms with Gasteiger partial charge in [-0.15, -0.1) is 11.3 Å². The van der Waals surface area contributed by atoms with Crippen molar-refractivity contribution < 1.29 is 19.0 Å². The molecule has 0 radical (unpaired) electrons. The van der Waals surface area contributed by atoms with Crippen LogP contribution in [0.5, 0.6) is 11.5 Å². The molecule has 2 aromatic carbocycles. The van der Waals surface area contributed by atoms with E-state index in [1.54, 1.807) is 25.3 Å². The van der Waals surface area contributed by atoms with Crippen molar-refractivity contribution in [2.45, 2.75) is 13.5 Å². The minimum Gasteiger partial charge on any atom is -0.493 e. The molecule has 26 heavy (non-hydrogen) atoms. The second kappa shape index (κ2) is 8.49. The van der Waals surface area contributed by atoms with E-state index in [0.29, 0.717) is 23.7 Å². The zero-order valence-corrected chi connectivity index (χ0v) is 15.4. The topological polar surface area (TPSA) is 57.7 Å². The maximum atomic E-state index is 12.3. The first-order valence-corrected chi connectivity index (χ1v) is 9.07. The maximum absolute atomic E-state index is 12.3. The summed E-state index contributed by atoms with van der Waals surface area (Å²) in [6.07, 6.45) is 0. The Hall–Kier alpha value is -2.86. The van der Waals surface area contributed by atoms with Gasteiger partial charge in [-0.1, -0.05) is 30.3 Å². The van der Waals surface area contributed by atoms with Crippen LogP contribution in [-0.2, 0) is 11.3 Å². The monoisotopic (exact) mass is 369 g/mol. The highest BCUT2D eigenvalue weighted by Gasteiger charge is 2.13. The number of nitrogens with zero attached hydrogens (tertiary/aromatic N) is 1. The predicted octanol–water partition coefficient (Wildman–Crippen LogP) is 4.57. The number of hydrogen-bond donors (Lipinski definition) is 0. The van der Waals surface area contributed by atoms with E-state index in [2.05, 4.69) is 4.98 Å². The third kappa shape index (κ3) is 4.21. The summed E-state index contributed by atoms with van der Waals surface area (Å²) >= 11 is 1.53. The first kappa shape index (κ1) is 17.9. The molecule has 0 aliphatic carbocycles. The van der Waals surface area contributed by atoms with Crippen molar-refractivity contribution in [3.8, 4) is 22.1 Å². The Balaban J connectivity index is 1.66. The highest BCUT2D eigenvalue weighted by atomic mass is 32.1. The molecule has 5 nitrogen and oxygen atoms in total. The maximum Gasteiger partial charge on any atom is 0.338 e. The van der Waals surface area contributed by atoms with Crippen molar-refractivity contribution in [1.29, 1.82) is 0 Å². The molecule has 0 aliphatic heterocycles. The van der Waals surface area contributed by atoms with Crippen LogP contribution in [0.25, 0.3) is 10.6 Å². The van der Waals surface area contributed by atoms with E-state index in [1.807, 2.05) is 42.6 Å². The van der Waals surface area contributed by atoms with E-state index in [1.165, 1.54) is 11.3 Å². The number of thiazole rings is 1. The van der Waals surface area contributed by atoms with Gasteiger partial charge in [-0.3, -0.25) is 0 Å². The standard InChI is InChI=1S/C20H19NO4S/c1-3-24-18-11-15(9-10-17(18)23-2)20(22)25-12-16-13-26-19(21-16)14-7-5-4-6-8-14/h4-11,13H,3,12H2,1-2H3. The molecule has 1 heterocycles. The summed E-state index contributed by atoms with van der Waals surface area (Å²) in [5.74, 6) is 0.669. The Kier molecular flexibility index (Phi) is 5.86. The number of carbonyl (C=O) groups excluding carboxylic acids is 1. The summed E-state index contributed by atoms with van der Waals surface area (Å²) < 4.78 is 16.1. The molecular formula is C20H19NO4S. The zero-order chi connectivity index (χ0) is 18.4. The van der Waals surface area contributed by atoms with Crippen molar-refractivity contribution in [2.75, 3.05) is 13.7 Å². The van der Waals surface area contributed by atoms with Gasteiger partial charge in [0, 0.05) is 10.9 Å². The number of esters is 1. The number of carbonyl (C=O) groups is 1. The minimum absolute atomic E-state index is 0.123. The third-order valence-electron chi connectivity index (χ3n) is 3.62. The second-order valence-electron chi connectivity index (χ2n) is 5.38. The quantitative estimate of drug-likeness (QED) is 0.571. The molecule has 0 saturated heterocycles. The van der Waals surface area contributed by atoms with Gasteiger partial charge in [0.1, 0.15) is 11.6 Å². The normalized spacial score (nSPS) is 10.4. The largest absolute Gasteiger partial charge is 0.493 e. The molecule has 6 heteroatoms. The molecule has 0 bridgehead atoms. The van der Waals surface area contributed by atoms with Gasteiger partial charge in [0.2, 0.25) is 0 Å². The molecule has 0 aliphatic rings. The Morgan fingerprint density at radius 3 is 2.65 bits per heavy atom. The second-order valence-corrected chi connectivity index (χ2v) is 6.24. The smallest absolute Gasteiger partial charge is 0.338 e. The molecule has 134 valence electrons. The van der Waals surface area contributed by atoms with E-state index in [-0.39, 0.29) is 6.61 Å². The van der Waals surface area contributed by atoms with Crippen LogP contribution in [0.4, 0.5) is 0 Å². The number of rotatable bonds is 7. The van der Waals surface area contributed by atoms with E-state index >= 15 is 0 Å². The molecule has 0 amide bonds. The summed E-state index contributed by atoms with van der Waals surface area (Å²) in [7, 11) is 1.56. The average molecular weight is 369 g/mol. The van der Waals surface area contributed by atoms with E-state index < -0.39 is 5.97 Å². The lowest BCUT2D eigenvalue weighted by Gasteiger charge is -2.10. The van der Waals surface area contributed by atoms with Crippen LogP contribution in [0.15, 0.2) is 53.9 Å². The predicted molar refractivity (Wildman–Crippen MR) is 101 cm³/mol. The molecule has 0 spiro atoms. The van der Waals surface area contributed by atoms with Crippen LogP contribution in [-0.4, -0.2) is 24.7 Å². The van der Waals surface area contributed by atoms with Gasteiger partial charge in [0.15, 0.2) is 11.5 Å². The summed E-state index contributed by atoms with van der Waals surface area (Å²) in [6.45, 7) is 2.48. The highest BCUT2D eigenvalue weighted by Crippen LogP contribution is 2.28. The molecule has 0 atom stereocenters. The lowest BCUT2D eigenvalue weighted by Crippen LogP contribution is -2.06.